The Hall–Kier alpha value is -2.04. The summed E-state index contributed by atoms with van der Waals surface area (Å²) in [5.41, 5.74) is 7.27. The largest absolute Gasteiger partial charge is 0.444 e. The molecule has 5 nitrogen and oxygen atoms in total. The maximum absolute atomic E-state index is 5.74. The first kappa shape index (κ1) is 10.5. The third kappa shape index (κ3) is 2.13. The van der Waals surface area contributed by atoms with E-state index in [-0.39, 0.29) is 0 Å². The molecule has 0 aromatic carbocycles. The van der Waals surface area contributed by atoms with Crippen molar-refractivity contribution in [3.05, 3.63) is 35.7 Å². The molecule has 0 aliphatic rings. The monoisotopic (exact) mass is 218 g/mol. The molecule has 2 rings (SSSR count). The van der Waals surface area contributed by atoms with Gasteiger partial charge in [-0.25, -0.2) is 9.97 Å². The maximum Gasteiger partial charge on any atom is 0.213 e. The van der Waals surface area contributed by atoms with Crippen molar-refractivity contribution in [2.45, 2.75) is 20.4 Å². The molecule has 3 N–H and O–H groups in total. The van der Waals surface area contributed by atoms with Gasteiger partial charge in [-0.3, -0.25) is 0 Å². The van der Waals surface area contributed by atoms with Crippen molar-refractivity contribution in [3.8, 4) is 0 Å². The van der Waals surface area contributed by atoms with Gasteiger partial charge in [0.05, 0.1) is 17.9 Å². The predicted octanol–water partition coefficient (Wildman–Crippen LogP) is 1.88. The number of hydrogen-bond acceptors (Lipinski definition) is 5. The van der Waals surface area contributed by atoms with Crippen LogP contribution in [0.4, 0.5) is 11.5 Å². The summed E-state index contributed by atoms with van der Waals surface area (Å²) in [5.74, 6) is 2.13. The van der Waals surface area contributed by atoms with E-state index in [1.165, 1.54) is 0 Å². The number of nitrogens with zero attached hydrogens (tertiary/aromatic N) is 2. The fraction of sp³-hybridized carbons (Fsp3) is 0.273. The van der Waals surface area contributed by atoms with Crippen LogP contribution >= 0.6 is 0 Å². The van der Waals surface area contributed by atoms with Crippen LogP contribution in [0.2, 0.25) is 0 Å². The van der Waals surface area contributed by atoms with Gasteiger partial charge in [-0.15, -0.1) is 0 Å². The zero-order valence-corrected chi connectivity index (χ0v) is 9.32. The molecule has 0 saturated heterocycles. The van der Waals surface area contributed by atoms with Gasteiger partial charge in [0.1, 0.15) is 11.6 Å². The van der Waals surface area contributed by atoms with Crippen LogP contribution in [0, 0.1) is 13.8 Å². The fourth-order valence-corrected chi connectivity index (χ4v) is 1.34. The van der Waals surface area contributed by atoms with E-state index >= 15 is 0 Å². The van der Waals surface area contributed by atoms with Crippen molar-refractivity contribution in [2.75, 3.05) is 11.1 Å². The highest BCUT2D eigenvalue weighted by molar-refractivity contribution is 5.60. The normalized spacial score (nSPS) is 10.4. The first-order valence-electron chi connectivity index (χ1n) is 5.04. The summed E-state index contributed by atoms with van der Waals surface area (Å²) in [6.07, 6.45) is 1.69. The van der Waals surface area contributed by atoms with Crippen LogP contribution in [0.25, 0.3) is 0 Å². The summed E-state index contributed by atoms with van der Waals surface area (Å²) in [7, 11) is 0. The third-order valence-electron chi connectivity index (χ3n) is 2.32. The molecule has 0 aliphatic carbocycles. The lowest BCUT2D eigenvalue weighted by molar-refractivity contribution is 0.478. The predicted molar refractivity (Wildman–Crippen MR) is 62.0 cm³/mol. The van der Waals surface area contributed by atoms with E-state index in [9.17, 15) is 0 Å². The fourth-order valence-electron chi connectivity index (χ4n) is 1.34. The molecular formula is C11H14N4O. The molecule has 0 amide bonds. The minimum atomic E-state index is 0.482. The van der Waals surface area contributed by atoms with Gasteiger partial charge in [-0.1, -0.05) is 0 Å². The number of aromatic nitrogens is 2. The molecular weight excluding hydrogens is 204 g/mol. The molecule has 0 unspecified atom stereocenters. The van der Waals surface area contributed by atoms with Crippen LogP contribution in [0.3, 0.4) is 0 Å². The number of aryl methyl sites for hydroxylation is 2. The quantitative estimate of drug-likeness (QED) is 0.822. The molecule has 84 valence electrons. The lowest BCUT2D eigenvalue weighted by atomic mass is 10.4. The summed E-state index contributed by atoms with van der Waals surface area (Å²) in [6, 6.07) is 3.58. The average molecular weight is 218 g/mol. The van der Waals surface area contributed by atoms with Gasteiger partial charge in [0.15, 0.2) is 0 Å². The zero-order chi connectivity index (χ0) is 11.5. The molecule has 0 bridgehead atoms. The van der Waals surface area contributed by atoms with Crippen molar-refractivity contribution in [1.82, 2.24) is 9.97 Å². The van der Waals surface area contributed by atoms with Crippen molar-refractivity contribution < 1.29 is 4.42 Å². The van der Waals surface area contributed by atoms with Crippen LogP contribution in [-0.4, -0.2) is 9.97 Å². The van der Waals surface area contributed by atoms with E-state index in [0.717, 1.165) is 11.5 Å². The Morgan fingerprint density at radius 3 is 2.88 bits per heavy atom. The number of nitrogens with one attached hydrogen (secondary N) is 1. The van der Waals surface area contributed by atoms with Crippen LogP contribution in [-0.2, 0) is 6.54 Å². The lowest BCUT2D eigenvalue weighted by Crippen LogP contribution is -2.04. The molecule has 0 radical (unpaired) electrons. The third-order valence-corrected chi connectivity index (χ3v) is 2.32. The van der Waals surface area contributed by atoms with Gasteiger partial charge in [-0.05, 0) is 26.0 Å². The van der Waals surface area contributed by atoms with E-state index < -0.39 is 0 Å². The smallest absolute Gasteiger partial charge is 0.213 e. The average Bonchev–Trinajstić information content (AvgIpc) is 2.57. The number of oxazole rings is 1. The highest BCUT2D eigenvalue weighted by Crippen LogP contribution is 2.15. The van der Waals surface area contributed by atoms with Crippen LogP contribution in [0.1, 0.15) is 17.3 Å². The summed E-state index contributed by atoms with van der Waals surface area (Å²) >= 11 is 0. The zero-order valence-electron chi connectivity index (χ0n) is 9.32. The minimum Gasteiger partial charge on any atom is -0.444 e. The second-order valence-corrected chi connectivity index (χ2v) is 3.54. The maximum atomic E-state index is 5.74. The van der Waals surface area contributed by atoms with E-state index in [1.54, 1.807) is 18.3 Å². The van der Waals surface area contributed by atoms with Gasteiger partial charge in [0.25, 0.3) is 0 Å². The van der Waals surface area contributed by atoms with E-state index in [0.29, 0.717) is 23.9 Å². The van der Waals surface area contributed by atoms with Gasteiger partial charge >= 0.3 is 0 Å². The Morgan fingerprint density at radius 1 is 1.44 bits per heavy atom. The minimum absolute atomic E-state index is 0.482. The van der Waals surface area contributed by atoms with Crippen LogP contribution in [0.15, 0.2) is 22.7 Å². The summed E-state index contributed by atoms with van der Waals surface area (Å²) < 4.78 is 5.43. The van der Waals surface area contributed by atoms with Crippen molar-refractivity contribution in [3.63, 3.8) is 0 Å². The van der Waals surface area contributed by atoms with Crippen molar-refractivity contribution >= 4 is 11.5 Å². The van der Waals surface area contributed by atoms with E-state index in [2.05, 4.69) is 15.3 Å². The Balaban J connectivity index is 2.05. The van der Waals surface area contributed by atoms with E-state index in [4.69, 9.17) is 10.2 Å². The van der Waals surface area contributed by atoms with Crippen molar-refractivity contribution in [2.24, 2.45) is 0 Å². The highest BCUT2D eigenvalue weighted by Gasteiger charge is 2.06. The van der Waals surface area contributed by atoms with Crippen molar-refractivity contribution in [1.29, 1.82) is 0 Å². The number of pyridine rings is 1. The molecule has 2 aromatic rings. The first-order chi connectivity index (χ1) is 7.66. The van der Waals surface area contributed by atoms with Crippen LogP contribution < -0.4 is 11.1 Å². The SMILES string of the molecule is Cc1nc(CNc2ncccc2N)oc1C. The molecule has 0 saturated carbocycles. The van der Waals surface area contributed by atoms with Gasteiger partial charge in [0, 0.05) is 6.20 Å². The Kier molecular flexibility index (Phi) is 2.76. The van der Waals surface area contributed by atoms with Crippen LogP contribution in [0.5, 0.6) is 0 Å². The number of nitrogen functional groups attached to an aromatic ring is 1. The number of anilines is 2. The Bertz CT molecular complexity index is 473. The molecule has 16 heavy (non-hydrogen) atoms. The molecule has 0 aliphatic heterocycles. The number of nitrogens with two attached hydrogens (primary N) is 1. The van der Waals surface area contributed by atoms with E-state index in [1.807, 2.05) is 13.8 Å². The second kappa shape index (κ2) is 4.22. The second-order valence-electron chi connectivity index (χ2n) is 3.54. The molecule has 5 heteroatoms. The molecule has 0 atom stereocenters. The molecule has 2 heterocycles. The van der Waals surface area contributed by atoms with Gasteiger partial charge < -0.3 is 15.5 Å². The number of hydrogen-bond donors (Lipinski definition) is 2. The molecule has 0 fully saturated rings. The molecule has 2 aromatic heterocycles. The summed E-state index contributed by atoms with van der Waals surface area (Å²) in [6.45, 7) is 4.29. The van der Waals surface area contributed by atoms with Gasteiger partial charge in [0.2, 0.25) is 5.89 Å². The Labute approximate surface area is 93.7 Å². The van der Waals surface area contributed by atoms with Gasteiger partial charge in [-0.2, -0.15) is 0 Å². The standard InChI is InChI=1S/C11H14N4O/c1-7-8(2)16-10(15-7)6-14-11-9(12)4-3-5-13-11/h3-5H,6,12H2,1-2H3,(H,13,14). The first-order valence-corrected chi connectivity index (χ1v) is 5.04. The molecule has 0 spiro atoms. The number of rotatable bonds is 3. The lowest BCUT2D eigenvalue weighted by Gasteiger charge is -2.04. The topological polar surface area (TPSA) is 77.0 Å². The summed E-state index contributed by atoms with van der Waals surface area (Å²) in [5, 5.41) is 3.08. The highest BCUT2D eigenvalue weighted by atomic mass is 16.4. The summed E-state index contributed by atoms with van der Waals surface area (Å²) in [4.78, 5) is 8.37. The Morgan fingerprint density at radius 2 is 2.25 bits per heavy atom.